The molecule has 0 fully saturated rings. The quantitative estimate of drug-likeness (QED) is 0.739. The number of aryl methyl sites for hydroxylation is 2. The third-order valence-electron chi connectivity index (χ3n) is 1.63. The van der Waals surface area contributed by atoms with Crippen LogP contribution in [0.15, 0.2) is 4.52 Å². The van der Waals surface area contributed by atoms with Gasteiger partial charge in [-0.15, -0.1) is 0 Å². The Kier molecular flexibility index (Phi) is 4.85. The Labute approximate surface area is 82.3 Å². The first-order valence-electron chi connectivity index (χ1n) is 4.37. The molecule has 1 aromatic heterocycles. The van der Waals surface area contributed by atoms with E-state index in [0.717, 1.165) is 36.7 Å². The molecule has 74 valence electrons. The van der Waals surface area contributed by atoms with E-state index in [2.05, 4.69) is 16.4 Å². The maximum atomic E-state index is 5.37. The third kappa shape index (κ3) is 3.78. The molecule has 0 radical (unpaired) electrons. The maximum absolute atomic E-state index is 5.37. The van der Waals surface area contributed by atoms with E-state index >= 15 is 0 Å². The summed E-state index contributed by atoms with van der Waals surface area (Å²) in [6.45, 7) is 0.675. The van der Waals surface area contributed by atoms with Crippen molar-refractivity contribution < 1.29 is 4.52 Å². The molecule has 5 heteroatoms. The first-order valence-corrected chi connectivity index (χ1v) is 5.76. The first kappa shape index (κ1) is 10.5. The zero-order valence-corrected chi connectivity index (χ0v) is 8.64. The van der Waals surface area contributed by atoms with Crippen molar-refractivity contribution in [1.82, 2.24) is 10.1 Å². The zero-order valence-electron chi connectivity index (χ0n) is 7.82. The lowest BCUT2D eigenvalue weighted by Gasteiger charge is -1.89. The van der Waals surface area contributed by atoms with Crippen molar-refractivity contribution in [2.75, 3.05) is 18.6 Å². The fraction of sp³-hybridized carbons (Fsp3) is 0.750. The van der Waals surface area contributed by atoms with Crippen LogP contribution in [0.2, 0.25) is 0 Å². The molecule has 0 unspecified atom stereocenters. The molecule has 0 saturated heterocycles. The average Bonchev–Trinajstić information content (AvgIpc) is 2.59. The minimum atomic E-state index is 0.675. The topological polar surface area (TPSA) is 64.9 Å². The fourth-order valence-electron chi connectivity index (χ4n) is 0.943. The number of nitrogens with two attached hydrogens (primary N) is 1. The number of thioether (sulfide) groups is 1. The predicted octanol–water partition coefficient (Wildman–Crippen LogP) is 0.866. The van der Waals surface area contributed by atoms with Gasteiger partial charge >= 0.3 is 0 Å². The van der Waals surface area contributed by atoms with E-state index in [1.54, 1.807) is 11.8 Å². The van der Waals surface area contributed by atoms with Crippen LogP contribution >= 0.6 is 11.8 Å². The maximum Gasteiger partial charge on any atom is 0.227 e. The van der Waals surface area contributed by atoms with E-state index in [-0.39, 0.29) is 0 Å². The average molecular weight is 201 g/mol. The lowest BCUT2D eigenvalue weighted by molar-refractivity contribution is 0.377. The molecule has 13 heavy (non-hydrogen) atoms. The molecule has 0 aliphatic carbocycles. The Hall–Kier alpha value is -0.550. The van der Waals surface area contributed by atoms with E-state index in [9.17, 15) is 0 Å². The van der Waals surface area contributed by atoms with Crippen LogP contribution in [-0.4, -0.2) is 28.7 Å². The van der Waals surface area contributed by atoms with Crippen LogP contribution in [0.3, 0.4) is 0 Å². The van der Waals surface area contributed by atoms with Crippen LogP contribution in [0.1, 0.15) is 18.1 Å². The Bertz CT molecular complexity index is 217. The highest BCUT2D eigenvalue weighted by molar-refractivity contribution is 7.98. The molecule has 0 bridgehead atoms. The Morgan fingerprint density at radius 2 is 2.31 bits per heavy atom. The SMILES string of the molecule is CSCCc1nc(CCCN)no1. The van der Waals surface area contributed by atoms with E-state index in [1.807, 2.05) is 0 Å². The molecule has 0 saturated carbocycles. The van der Waals surface area contributed by atoms with Crippen molar-refractivity contribution in [2.45, 2.75) is 19.3 Å². The minimum absolute atomic E-state index is 0.675. The van der Waals surface area contributed by atoms with Gasteiger partial charge in [0.1, 0.15) is 0 Å². The zero-order chi connectivity index (χ0) is 9.52. The molecule has 2 N–H and O–H groups in total. The molecular weight excluding hydrogens is 186 g/mol. The molecule has 1 heterocycles. The van der Waals surface area contributed by atoms with Gasteiger partial charge in [0.2, 0.25) is 5.89 Å². The van der Waals surface area contributed by atoms with Crippen LogP contribution in [-0.2, 0) is 12.8 Å². The molecule has 0 atom stereocenters. The fourth-order valence-corrected chi connectivity index (χ4v) is 1.32. The van der Waals surface area contributed by atoms with Crippen molar-refractivity contribution in [2.24, 2.45) is 5.73 Å². The van der Waals surface area contributed by atoms with Gasteiger partial charge in [0, 0.05) is 18.6 Å². The second kappa shape index (κ2) is 5.99. The number of nitrogens with zero attached hydrogens (tertiary/aromatic N) is 2. The summed E-state index contributed by atoms with van der Waals surface area (Å²) in [5.41, 5.74) is 5.37. The van der Waals surface area contributed by atoms with Gasteiger partial charge in [-0.05, 0) is 19.2 Å². The van der Waals surface area contributed by atoms with E-state index in [0.29, 0.717) is 6.54 Å². The largest absolute Gasteiger partial charge is 0.339 e. The summed E-state index contributed by atoms with van der Waals surface area (Å²) in [6, 6.07) is 0. The van der Waals surface area contributed by atoms with Crippen LogP contribution in [0.25, 0.3) is 0 Å². The second-order valence-corrected chi connectivity index (χ2v) is 3.72. The number of aromatic nitrogens is 2. The Morgan fingerprint density at radius 1 is 1.46 bits per heavy atom. The van der Waals surface area contributed by atoms with Gasteiger partial charge in [-0.3, -0.25) is 0 Å². The molecule has 0 aliphatic heterocycles. The van der Waals surface area contributed by atoms with Crippen LogP contribution in [0.4, 0.5) is 0 Å². The highest BCUT2D eigenvalue weighted by atomic mass is 32.2. The van der Waals surface area contributed by atoms with Gasteiger partial charge in [-0.25, -0.2) is 0 Å². The molecule has 4 nitrogen and oxygen atoms in total. The van der Waals surface area contributed by atoms with Crippen LogP contribution < -0.4 is 5.73 Å². The lowest BCUT2D eigenvalue weighted by Crippen LogP contribution is -2.01. The molecule has 0 amide bonds. The van der Waals surface area contributed by atoms with Crippen molar-refractivity contribution in [3.05, 3.63) is 11.7 Å². The molecule has 0 aromatic carbocycles. The third-order valence-corrected chi connectivity index (χ3v) is 2.25. The van der Waals surface area contributed by atoms with E-state index in [4.69, 9.17) is 10.3 Å². The second-order valence-electron chi connectivity index (χ2n) is 2.74. The summed E-state index contributed by atoms with van der Waals surface area (Å²) in [6.07, 6.45) is 4.66. The summed E-state index contributed by atoms with van der Waals surface area (Å²) in [5.74, 6) is 2.54. The number of rotatable bonds is 6. The van der Waals surface area contributed by atoms with E-state index < -0.39 is 0 Å². The van der Waals surface area contributed by atoms with Crippen LogP contribution in [0.5, 0.6) is 0 Å². The smallest absolute Gasteiger partial charge is 0.227 e. The summed E-state index contributed by atoms with van der Waals surface area (Å²) in [5, 5.41) is 3.86. The predicted molar refractivity (Wildman–Crippen MR) is 53.8 cm³/mol. The highest BCUT2D eigenvalue weighted by Crippen LogP contribution is 2.03. The van der Waals surface area contributed by atoms with Crippen molar-refractivity contribution >= 4 is 11.8 Å². The van der Waals surface area contributed by atoms with E-state index in [1.165, 1.54) is 0 Å². The number of hydrogen-bond acceptors (Lipinski definition) is 5. The van der Waals surface area contributed by atoms with Gasteiger partial charge in [-0.2, -0.15) is 16.7 Å². The molecule has 0 aliphatic rings. The summed E-state index contributed by atoms with van der Waals surface area (Å²) < 4.78 is 5.05. The minimum Gasteiger partial charge on any atom is -0.339 e. The standard InChI is InChI=1S/C8H15N3OS/c1-13-6-4-8-10-7(11-12-8)3-2-5-9/h2-6,9H2,1H3. The summed E-state index contributed by atoms with van der Waals surface area (Å²) >= 11 is 1.78. The Balaban J connectivity index is 2.34. The summed E-state index contributed by atoms with van der Waals surface area (Å²) in [7, 11) is 0. The summed E-state index contributed by atoms with van der Waals surface area (Å²) in [4.78, 5) is 4.24. The molecule has 1 aromatic rings. The molecular formula is C8H15N3OS. The highest BCUT2D eigenvalue weighted by Gasteiger charge is 2.04. The van der Waals surface area contributed by atoms with Crippen molar-refractivity contribution in [3.8, 4) is 0 Å². The van der Waals surface area contributed by atoms with Gasteiger partial charge in [0.05, 0.1) is 0 Å². The van der Waals surface area contributed by atoms with Gasteiger partial charge < -0.3 is 10.3 Å². The Morgan fingerprint density at radius 3 is 3.00 bits per heavy atom. The molecule has 0 spiro atoms. The van der Waals surface area contributed by atoms with Crippen LogP contribution in [0, 0.1) is 0 Å². The first-order chi connectivity index (χ1) is 6.36. The van der Waals surface area contributed by atoms with Gasteiger partial charge in [0.25, 0.3) is 0 Å². The lowest BCUT2D eigenvalue weighted by atomic mass is 10.3. The monoisotopic (exact) mass is 201 g/mol. The van der Waals surface area contributed by atoms with Crippen molar-refractivity contribution in [3.63, 3.8) is 0 Å². The normalized spacial score (nSPS) is 10.6. The van der Waals surface area contributed by atoms with Gasteiger partial charge in [-0.1, -0.05) is 5.16 Å². The van der Waals surface area contributed by atoms with Crippen molar-refractivity contribution in [1.29, 1.82) is 0 Å². The van der Waals surface area contributed by atoms with Gasteiger partial charge in [0.15, 0.2) is 5.82 Å². The molecule has 1 rings (SSSR count). The number of hydrogen-bond donors (Lipinski definition) is 1.